The summed E-state index contributed by atoms with van der Waals surface area (Å²) in [7, 11) is 1.78. The largest absolute Gasteiger partial charge is 0.387 e. The maximum absolute atomic E-state index is 11.6. The molecular weight excluding hydrogens is 220 g/mol. The van der Waals surface area contributed by atoms with Gasteiger partial charge in [0.05, 0.1) is 24.1 Å². The number of amides is 1. The number of carbonyl (C=O) groups is 1. The van der Waals surface area contributed by atoms with Gasteiger partial charge in [0.2, 0.25) is 5.91 Å². The Morgan fingerprint density at radius 2 is 2.47 bits per heavy atom. The van der Waals surface area contributed by atoms with Gasteiger partial charge >= 0.3 is 0 Å². The Morgan fingerprint density at radius 1 is 1.65 bits per heavy atom. The van der Waals surface area contributed by atoms with E-state index in [1.807, 2.05) is 0 Å². The van der Waals surface area contributed by atoms with Crippen molar-refractivity contribution in [3.05, 3.63) is 18.1 Å². The van der Waals surface area contributed by atoms with E-state index in [1.54, 1.807) is 24.3 Å². The Morgan fingerprint density at radius 3 is 3.18 bits per heavy atom. The number of aromatic nitrogens is 2. The van der Waals surface area contributed by atoms with Crippen molar-refractivity contribution in [2.45, 2.75) is 18.9 Å². The molecule has 1 saturated heterocycles. The Balaban J connectivity index is 2.22. The van der Waals surface area contributed by atoms with Gasteiger partial charge in [-0.15, -0.1) is 0 Å². The summed E-state index contributed by atoms with van der Waals surface area (Å²) in [6.45, 7) is 0.227. The molecule has 6 heteroatoms. The third kappa shape index (κ3) is 2.36. The molecule has 1 aromatic rings. The maximum atomic E-state index is 11.6. The predicted octanol–water partition coefficient (Wildman–Crippen LogP) is 0.174. The predicted molar refractivity (Wildman–Crippen MR) is 62.4 cm³/mol. The van der Waals surface area contributed by atoms with Gasteiger partial charge < -0.3 is 15.3 Å². The zero-order chi connectivity index (χ0) is 12.3. The van der Waals surface area contributed by atoms with Crippen molar-refractivity contribution in [1.29, 1.82) is 0 Å². The number of hydrogen-bond donors (Lipinski definition) is 2. The maximum Gasteiger partial charge on any atom is 0.248 e. The first-order valence-electron chi connectivity index (χ1n) is 5.66. The molecule has 17 heavy (non-hydrogen) atoms. The molecule has 2 N–H and O–H groups in total. The monoisotopic (exact) mass is 236 g/mol. The fraction of sp³-hybridized carbons (Fsp3) is 0.545. The van der Waals surface area contributed by atoms with Crippen molar-refractivity contribution >= 4 is 11.7 Å². The van der Waals surface area contributed by atoms with Crippen molar-refractivity contribution in [3.63, 3.8) is 0 Å². The molecule has 2 heterocycles. The van der Waals surface area contributed by atoms with Crippen LogP contribution >= 0.6 is 0 Å². The van der Waals surface area contributed by atoms with Crippen molar-refractivity contribution in [1.82, 2.24) is 14.9 Å². The first-order chi connectivity index (χ1) is 8.26. The number of anilines is 1. The lowest BCUT2D eigenvalue weighted by atomic mass is 10.1. The van der Waals surface area contributed by atoms with Crippen LogP contribution in [0.25, 0.3) is 0 Å². The van der Waals surface area contributed by atoms with E-state index in [2.05, 4.69) is 15.3 Å². The van der Waals surface area contributed by atoms with Gasteiger partial charge in [0, 0.05) is 13.6 Å². The Bertz CT molecular complexity index is 410. The SMILES string of the molecule is CNc1cncc(C2CCCN2C(=O)CO)n1. The first-order valence-corrected chi connectivity index (χ1v) is 5.66. The zero-order valence-corrected chi connectivity index (χ0v) is 9.76. The van der Waals surface area contributed by atoms with Gasteiger partial charge in [0.15, 0.2) is 0 Å². The highest BCUT2D eigenvalue weighted by Crippen LogP contribution is 2.30. The molecule has 0 saturated carbocycles. The number of likely N-dealkylation sites (tertiary alicyclic amines) is 1. The van der Waals surface area contributed by atoms with E-state index in [9.17, 15) is 4.79 Å². The molecule has 1 atom stereocenters. The number of nitrogens with zero attached hydrogens (tertiary/aromatic N) is 3. The zero-order valence-electron chi connectivity index (χ0n) is 9.76. The molecule has 1 aromatic heterocycles. The molecule has 0 radical (unpaired) electrons. The van der Waals surface area contributed by atoms with Gasteiger partial charge in [-0.2, -0.15) is 0 Å². The summed E-state index contributed by atoms with van der Waals surface area (Å²) >= 11 is 0. The van der Waals surface area contributed by atoms with Gasteiger partial charge in [0.1, 0.15) is 12.4 Å². The van der Waals surface area contributed by atoms with E-state index >= 15 is 0 Å². The molecule has 6 nitrogen and oxygen atoms in total. The smallest absolute Gasteiger partial charge is 0.248 e. The molecule has 0 bridgehead atoms. The lowest BCUT2D eigenvalue weighted by molar-refractivity contribution is -0.135. The van der Waals surface area contributed by atoms with Crippen LogP contribution in [0, 0.1) is 0 Å². The minimum Gasteiger partial charge on any atom is -0.387 e. The van der Waals surface area contributed by atoms with Crippen LogP contribution in [0.4, 0.5) is 5.82 Å². The molecule has 1 aliphatic heterocycles. The van der Waals surface area contributed by atoms with Crippen molar-refractivity contribution in [2.24, 2.45) is 0 Å². The third-order valence-corrected chi connectivity index (χ3v) is 2.96. The molecule has 1 unspecified atom stereocenters. The van der Waals surface area contributed by atoms with E-state index in [0.717, 1.165) is 18.5 Å². The van der Waals surface area contributed by atoms with Gasteiger partial charge in [0.25, 0.3) is 0 Å². The van der Waals surface area contributed by atoms with Crippen LogP contribution in [0.5, 0.6) is 0 Å². The van der Waals surface area contributed by atoms with Crippen LogP contribution in [0.3, 0.4) is 0 Å². The molecule has 1 aliphatic rings. The second-order valence-electron chi connectivity index (χ2n) is 3.98. The number of hydrogen-bond acceptors (Lipinski definition) is 5. The van der Waals surface area contributed by atoms with Gasteiger partial charge in [-0.05, 0) is 12.8 Å². The number of rotatable bonds is 3. The normalized spacial score (nSPS) is 19.4. The van der Waals surface area contributed by atoms with E-state index in [-0.39, 0.29) is 11.9 Å². The van der Waals surface area contributed by atoms with Gasteiger partial charge in [-0.3, -0.25) is 9.78 Å². The number of nitrogens with one attached hydrogen (secondary N) is 1. The minimum atomic E-state index is -0.449. The Kier molecular flexibility index (Phi) is 3.53. The third-order valence-electron chi connectivity index (χ3n) is 2.96. The Labute approximate surface area is 99.7 Å². The van der Waals surface area contributed by atoms with E-state index < -0.39 is 6.61 Å². The summed E-state index contributed by atoms with van der Waals surface area (Å²) in [6, 6.07) is -0.0598. The van der Waals surface area contributed by atoms with E-state index in [4.69, 9.17) is 5.11 Å². The van der Waals surface area contributed by atoms with Crippen LogP contribution in [0.2, 0.25) is 0 Å². The molecule has 0 spiro atoms. The fourth-order valence-corrected chi connectivity index (χ4v) is 2.13. The fourth-order valence-electron chi connectivity index (χ4n) is 2.13. The number of aliphatic hydroxyl groups excluding tert-OH is 1. The lowest BCUT2D eigenvalue weighted by Gasteiger charge is -2.23. The molecule has 0 aromatic carbocycles. The highest BCUT2D eigenvalue weighted by Gasteiger charge is 2.30. The summed E-state index contributed by atoms with van der Waals surface area (Å²) in [5.74, 6) is 0.440. The summed E-state index contributed by atoms with van der Waals surface area (Å²) in [5, 5.41) is 11.8. The second-order valence-corrected chi connectivity index (χ2v) is 3.98. The van der Waals surface area contributed by atoms with Crippen molar-refractivity contribution < 1.29 is 9.90 Å². The lowest BCUT2D eigenvalue weighted by Crippen LogP contribution is -2.33. The average molecular weight is 236 g/mol. The topological polar surface area (TPSA) is 78.4 Å². The van der Waals surface area contributed by atoms with Crippen molar-refractivity contribution in [2.75, 3.05) is 25.5 Å². The quantitative estimate of drug-likeness (QED) is 0.782. The summed E-state index contributed by atoms with van der Waals surface area (Å²) in [4.78, 5) is 21.7. The van der Waals surface area contributed by atoms with Gasteiger partial charge in [-0.1, -0.05) is 0 Å². The molecule has 1 amide bonds. The minimum absolute atomic E-state index is 0.0598. The standard InChI is InChI=1S/C11H16N4O2/c1-12-10-6-13-5-8(14-10)9-3-2-4-15(9)11(17)7-16/h5-6,9,16H,2-4,7H2,1H3,(H,12,14). The summed E-state index contributed by atoms with van der Waals surface area (Å²) in [5.41, 5.74) is 0.774. The van der Waals surface area contributed by atoms with Crippen LogP contribution < -0.4 is 5.32 Å². The molecule has 2 rings (SSSR count). The van der Waals surface area contributed by atoms with E-state index in [0.29, 0.717) is 12.4 Å². The van der Waals surface area contributed by atoms with Crippen LogP contribution in [0.1, 0.15) is 24.6 Å². The molecule has 1 fully saturated rings. The average Bonchev–Trinajstić information content (AvgIpc) is 2.87. The highest BCUT2D eigenvalue weighted by atomic mass is 16.3. The highest BCUT2D eigenvalue weighted by molar-refractivity contribution is 5.77. The van der Waals surface area contributed by atoms with Crippen molar-refractivity contribution in [3.8, 4) is 0 Å². The van der Waals surface area contributed by atoms with Crippen LogP contribution in [-0.4, -0.2) is 46.1 Å². The number of carbonyl (C=O) groups excluding carboxylic acids is 1. The first kappa shape index (κ1) is 11.8. The van der Waals surface area contributed by atoms with Crippen LogP contribution in [0.15, 0.2) is 12.4 Å². The van der Waals surface area contributed by atoms with Gasteiger partial charge in [-0.25, -0.2) is 4.98 Å². The molecular formula is C11H16N4O2. The number of aliphatic hydroxyl groups is 1. The molecule has 92 valence electrons. The molecule has 0 aliphatic carbocycles. The summed E-state index contributed by atoms with van der Waals surface area (Å²) in [6.07, 6.45) is 5.11. The summed E-state index contributed by atoms with van der Waals surface area (Å²) < 4.78 is 0. The Hall–Kier alpha value is -1.69. The van der Waals surface area contributed by atoms with Crippen LogP contribution in [-0.2, 0) is 4.79 Å². The van der Waals surface area contributed by atoms with E-state index in [1.165, 1.54) is 0 Å². The second kappa shape index (κ2) is 5.09.